The molecule has 1 rings (SSSR count). The highest BCUT2D eigenvalue weighted by Crippen LogP contribution is 2.19. The van der Waals surface area contributed by atoms with Gasteiger partial charge in [-0.15, -0.1) is 0 Å². The molecule has 0 aromatic heterocycles. The molecule has 6 heteroatoms. The van der Waals surface area contributed by atoms with Crippen LogP contribution in [0.3, 0.4) is 0 Å². The fourth-order valence-corrected chi connectivity index (χ4v) is 1.68. The molecule has 6 nitrogen and oxygen atoms in total. The van der Waals surface area contributed by atoms with E-state index in [0.29, 0.717) is 0 Å². The second kappa shape index (κ2) is 6.31. The quantitative estimate of drug-likeness (QED) is 0.539. The maximum absolute atomic E-state index is 11.9. The molecule has 104 valence electrons. The van der Waals surface area contributed by atoms with Crippen LogP contribution in [0.25, 0.3) is 0 Å². The molecule has 0 saturated carbocycles. The second-order valence-electron chi connectivity index (χ2n) is 4.62. The number of carbonyl (C=O) groups is 2. The molecule has 2 atom stereocenters. The molecule has 0 bridgehead atoms. The Kier molecular flexibility index (Phi) is 5.02. The minimum atomic E-state index is -1.02. The van der Waals surface area contributed by atoms with E-state index < -0.39 is 23.4 Å². The summed E-state index contributed by atoms with van der Waals surface area (Å²) in [5, 5.41) is 12.1. The first-order valence-corrected chi connectivity index (χ1v) is 5.91. The average Bonchev–Trinajstić information content (AvgIpc) is 2.38. The molecule has 19 heavy (non-hydrogen) atoms. The van der Waals surface area contributed by atoms with Crippen molar-refractivity contribution in [1.82, 2.24) is 5.32 Å². The monoisotopic (exact) mass is 265 g/mol. The normalized spacial score (nSPS) is 15.3. The molecule has 2 amide bonds. The number of hydrogen-bond acceptors (Lipinski definition) is 4. The Labute approximate surface area is 111 Å². The number of nitrogens with two attached hydrogens (primary N) is 2. The van der Waals surface area contributed by atoms with E-state index in [1.165, 1.54) is 0 Å². The summed E-state index contributed by atoms with van der Waals surface area (Å²) in [6.45, 7) is 1.39. The molecular formula is C13H19N3O3. The summed E-state index contributed by atoms with van der Waals surface area (Å²) in [6.07, 6.45) is -0.234. The third-order valence-electron chi connectivity index (χ3n) is 2.88. The van der Waals surface area contributed by atoms with Crippen molar-refractivity contribution in [1.29, 1.82) is 0 Å². The van der Waals surface area contributed by atoms with Crippen molar-refractivity contribution < 1.29 is 14.7 Å². The molecular weight excluding hydrogens is 246 g/mol. The van der Waals surface area contributed by atoms with Crippen LogP contribution < -0.4 is 16.8 Å². The number of primary amides is 1. The van der Waals surface area contributed by atoms with Crippen LogP contribution in [0.2, 0.25) is 0 Å². The van der Waals surface area contributed by atoms with Gasteiger partial charge in [0.25, 0.3) is 0 Å². The molecule has 1 aromatic carbocycles. The van der Waals surface area contributed by atoms with Gasteiger partial charge in [0.2, 0.25) is 11.8 Å². The fourth-order valence-electron chi connectivity index (χ4n) is 1.68. The molecule has 1 aromatic rings. The van der Waals surface area contributed by atoms with E-state index in [1.54, 1.807) is 31.2 Å². The highest BCUT2D eigenvalue weighted by molar-refractivity contribution is 5.88. The Morgan fingerprint density at radius 1 is 1.37 bits per heavy atom. The molecule has 0 radical (unpaired) electrons. The van der Waals surface area contributed by atoms with E-state index in [0.717, 1.165) is 5.56 Å². The molecule has 0 fully saturated rings. The maximum Gasteiger partial charge on any atom is 0.238 e. The van der Waals surface area contributed by atoms with E-state index >= 15 is 0 Å². The van der Waals surface area contributed by atoms with Crippen LogP contribution in [0, 0.1) is 0 Å². The van der Waals surface area contributed by atoms with Gasteiger partial charge < -0.3 is 21.9 Å². The van der Waals surface area contributed by atoms with Gasteiger partial charge in [0.1, 0.15) is 0 Å². The van der Waals surface area contributed by atoms with Gasteiger partial charge >= 0.3 is 0 Å². The van der Waals surface area contributed by atoms with Gasteiger partial charge in [-0.2, -0.15) is 0 Å². The van der Waals surface area contributed by atoms with Gasteiger partial charge in [0.15, 0.2) is 0 Å². The lowest BCUT2D eigenvalue weighted by Gasteiger charge is -2.30. The van der Waals surface area contributed by atoms with Crippen molar-refractivity contribution in [2.75, 3.05) is 6.61 Å². The van der Waals surface area contributed by atoms with Gasteiger partial charge in [-0.3, -0.25) is 9.59 Å². The average molecular weight is 265 g/mol. The first kappa shape index (κ1) is 15.1. The van der Waals surface area contributed by atoms with E-state index in [2.05, 4.69) is 5.32 Å². The number of amides is 2. The molecule has 0 aliphatic carbocycles. The standard InChI is InChI=1S/C13H19N3O3/c1-13(8-17,9-5-3-2-4-6-9)16-12(19)10(14)7-11(15)18/h2-6,10,17H,7-8,14H2,1H3,(H2,15,18)(H,16,19). The Bertz CT molecular complexity index is 450. The van der Waals surface area contributed by atoms with Crippen molar-refractivity contribution in [3.05, 3.63) is 35.9 Å². The molecule has 0 saturated heterocycles. The highest BCUT2D eigenvalue weighted by Gasteiger charge is 2.30. The van der Waals surface area contributed by atoms with Crippen molar-refractivity contribution in [3.8, 4) is 0 Å². The molecule has 0 aliphatic rings. The predicted octanol–water partition coefficient (Wildman–Crippen LogP) is -0.787. The number of hydrogen-bond donors (Lipinski definition) is 4. The molecule has 0 spiro atoms. The predicted molar refractivity (Wildman–Crippen MR) is 70.8 cm³/mol. The summed E-state index contributed by atoms with van der Waals surface area (Å²) < 4.78 is 0. The lowest BCUT2D eigenvalue weighted by atomic mass is 9.92. The van der Waals surface area contributed by atoms with E-state index in [1.807, 2.05) is 6.07 Å². The summed E-state index contributed by atoms with van der Waals surface area (Å²) >= 11 is 0. The van der Waals surface area contributed by atoms with Crippen molar-refractivity contribution in [2.45, 2.75) is 24.9 Å². The Balaban J connectivity index is 2.82. The maximum atomic E-state index is 11.9. The third-order valence-corrected chi connectivity index (χ3v) is 2.88. The summed E-state index contributed by atoms with van der Waals surface area (Å²) in [7, 11) is 0. The number of carbonyl (C=O) groups excluding carboxylic acids is 2. The highest BCUT2D eigenvalue weighted by atomic mass is 16.3. The Morgan fingerprint density at radius 3 is 2.42 bits per heavy atom. The van der Waals surface area contributed by atoms with Crippen LogP contribution >= 0.6 is 0 Å². The number of benzene rings is 1. The minimum Gasteiger partial charge on any atom is -0.394 e. The topological polar surface area (TPSA) is 118 Å². The van der Waals surface area contributed by atoms with Gasteiger partial charge in [0.05, 0.1) is 24.6 Å². The van der Waals surface area contributed by atoms with Crippen molar-refractivity contribution >= 4 is 11.8 Å². The third kappa shape index (κ3) is 4.04. The second-order valence-corrected chi connectivity index (χ2v) is 4.62. The van der Waals surface area contributed by atoms with E-state index in [-0.39, 0.29) is 13.0 Å². The zero-order valence-electron chi connectivity index (χ0n) is 10.8. The largest absolute Gasteiger partial charge is 0.394 e. The molecule has 2 unspecified atom stereocenters. The van der Waals surface area contributed by atoms with Gasteiger partial charge in [-0.05, 0) is 12.5 Å². The minimum absolute atomic E-state index is 0.234. The SMILES string of the molecule is CC(CO)(NC(=O)C(N)CC(N)=O)c1ccccc1. The number of aliphatic hydroxyl groups excluding tert-OH is 1. The number of rotatable bonds is 6. The summed E-state index contributed by atoms with van der Waals surface area (Å²) in [5.74, 6) is -1.17. The zero-order chi connectivity index (χ0) is 14.5. The van der Waals surface area contributed by atoms with Crippen LogP contribution in [-0.4, -0.2) is 29.6 Å². The smallest absolute Gasteiger partial charge is 0.238 e. The summed E-state index contributed by atoms with van der Waals surface area (Å²) in [6, 6.07) is 8.00. The van der Waals surface area contributed by atoms with Crippen LogP contribution in [0.4, 0.5) is 0 Å². The van der Waals surface area contributed by atoms with Crippen molar-refractivity contribution in [2.24, 2.45) is 11.5 Å². The van der Waals surface area contributed by atoms with Gasteiger partial charge in [-0.25, -0.2) is 0 Å². The first-order valence-electron chi connectivity index (χ1n) is 5.91. The van der Waals surface area contributed by atoms with Crippen LogP contribution in [-0.2, 0) is 15.1 Å². The Morgan fingerprint density at radius 2 is 1.95 bits per heavy atom. The van der Waals surface area contributed by atoms with Gasteiger partial charge in [-0.1, -0.05) is 30.3 Å². The lowest BCUT2D eigenvalue weighted by molar-refractivity contribution is -0.128. The van der Waals surface area contributed by atoms with Crippen LogP contribution in [0.15, 0.2) is 30.3 Å². The van der Waals surface area contributed by atoms with E-state index in [9.17, 15) is 14.7 Å². The van der Waals surface area contributed by atoms with Gasteiger partial charge in [0, 0.05) is 0 Å². The van der Waals surface area contributed by atoms with E-state index in [4.69, 9.17) is 11.5 Å². The number of aliphatic hydroxyl groups is 1. The first-order chi connectivity index (χ1) is 8.89. The fraction of sp³-hybridized carbons (Fsp3) is 0.385. The van der Waals surface area contributed by atoms with Crippen LogP contribution in [0.5, 0.6) is 0 Å². The summed E-state index contributed by atoms with van der Waals surface area (Å²) in [4.78, 5) is 22.6. The van der Waals surface area contributed by atoms with Crippen LogP contribution in [0.1, 0.15) is 18.9 Å². The van der Waals surface area contributed by atoms with Crippen molar-refractivity contribution in [3.63, 3.8) is 0 Å². The number of nitrogens with one attached hydrogen (secondary N) is 1. The summed E-state index contributed by atoms with van der Waals surface area (Å²) in [5.41, 5.74) is 10.4. The molecule has 6 N–H and O–H groups in total. The molecule has 0 aliphatic heterocycles. The zero-order valence-corrected chi connectivity index (χ0v) is 10.8. The lowest BCUT2D eigenvalue weighted by Crippen LogP contribution is -2.52. The molecule has 0 heterocycles. The Hall–Kier alpha value is -1.92.